The standard InChI is InChI=1S/C23H28FN5O2S/c1-29-20(17-2-4-18(24)5-3-17)27-28-22(29)32-7-6-19(30)25-21(31)26-23-11-14-8-15(12-23)10-16(9-14)13-23/h2-5,14-16H,6-13H2,1H3,(H2,25,26,30,31). The van der Waals surface area contributed by atoms with Crippen LogP contribution in [0.4, 0.5) is 9.18 Å². The molecule has 3 amide bonds. The van der Waals surface area contributed by atoms with E-state index in [1.807, 2.05) is 11.6 Å². The first-order chi connectivity index (χ1) is 15.4. The van der Waals surface area contributed by atoms with Crippen molar-refractivity contribution >= 4 is 23.7 Å². The van der Waals surface area contributed by atoms with Gasteiger partial charge in [-0.2, -0.15) is 0 Å². The molecule has 4 aliphatic rings. The van der Waals surface area contributed by atoms with Gasteiger partial charge in [0.1, 0.15) is 5.82 Å². The highest BCUT2D eigenvalue weighted by atomic mass is 32.2. The zero-order valence-corrected chi connectivity index (χ0v) is 19.0. The summed E-state index contributed by atoms with van der Waals surface area (Å²) in [5.41, 5.74) is 0.663. The van der Waals surface area contributed by atoms with Gasteiger partial charge < -0.3 is 9.88 Å². The molecule has 1 heterocycles. The van der Waals surface area contributed by atoms with Gasteiger partial charge in [0.25, 0.3) is 0 Å². The zero-order chi connectivity index (χ0) is 22.3. The Labute approximate surface area is 190 Å². The number of urea groups is 1. The summed E-state index contributed by atoms with van der Waals surface area (Å²) in [5, 5.41) is 14.7. The number of carbonyl (C=O) groups is 2. The van der Waals surface area contributed by atoms with E-state index in [4.69, 9.17) is 0 Å². The molecule has 7 nitrogen and oxygen atoms in total. The van der Waals surface area contributed by atoms with Crippen LogP contribution in [0, 0.1) is 23.6 Å². The van der Waals surface area contributed by atoms with Crippen LogP contribution in [0.2, 0.25) is 0 Å². The SMILES string of the molecule is Cn1c(SCCC(=O)NC(=O)NC23CC4CC(CC(C4)C2)C3)nnc1-c1ccc(F)cc1. The van der Waals surface area contributed by atoms with E-state index in [9.17, 15) is 14.0 Å². The number of thioether (sulfide) groups is 1. The summed E-state index contributed by atoms with van der Waals surface area (Å²) in [6, 6.07) is 5.72. The highest BCUT2D eigenvalue weighted by molar-refractivity contribution is 7.99. The molecule has 9 heteroatoms. The van der Waals surface area contributed by atoms with Gasteiger partial charge in [0, 0.05) is 30.3 Å². The molecule has 4 fully saturated rings. The van der Waals surface area contributed by atoms with Crippen LogP contribution < -0.4 is 10.6 Å². The summed E-state index contributed by atoms with van der Waals surface area (Å²) in [4.78, 5) is 24.8. The van der Waals surface area contributed by atoms with Gasteiger partial charge in [-0.25, -0.2) is 9.18 Å². The predicted octanol–water partition coefficient (Wildman–Crippen LogP) is 3.90. The first-order valence-corrected chi connectivity index (χ1v) is 12.3. The van der Waals surface area contributed by atoms with Crippen LogP contribution in [0.5, 0.6) is 0 Å². The van der Waals surface area contributed by atoms with Crippen molar-refractivity contribution < 1.29 is 14.0 Å². The molecule has 0 unspecified atom stereocenters. The number of carbonyl (C=O) groups excluding carboxylic acids is 2. The lowest BCUT2D eigenvalue weighted by molar-refractivity contribution is -0.119. The van der Waals surface area contributed by atoms with Crippen molar-refractivity contribution in [2.75, 3.05) is 5.75 Å². The lowest BCUT2D eigenvalue weighted by Gasteiger charge is -2.56. The van der Waals surface area contributed by atoms with Crippen LogP contribution in [0.3, 0.4) is 0 Å². The first kappa shape index (κ1) is 21.4. The Kier molecular flexibility index (Phi) is 5.69. The minimum atomic E-state index is -0.362. The second kappa shape index (κ2) is 8.50. The second-order valence-electron chi connectivity index (χ2n) is 9.67. The van der Waals surface area contributed by atoms with E-state index in [2.05, 4.69) is 20.8 Å². The molecule has 0 radical (unpaired) electrons. The van der Waals surface area contributed by atoms with Crippen molar-refractivity contribution in [2.24, 2.45) is 24.8 Å². The van der Waals surface area contributed by atoms with Gasteiger partial charge in [0.2, 0.25) is 5.91 Å². The van der Waals surface area contributed by atoms with E-state index < -0.39 is 0 Å². The summed E-state index contributed by atoms with van der Waals surface area (Å²) >= 11 is 1.40. The molecule has 4 saturated carbocycles. The molecule has 32 heavy (non-hydrogen) atoms. The quantitative estimate of drug-likeness (QED) is 0.643. The van der Waals surface area contributed by atoms with E-state index >= 15 is 0 Å². The Morgan fingerprint density at radius 2 is 1.72 bits per heavy atom. The maximum atomic E-state index is 13.1. The maximum absolute atomic E-state index is 13.1. The predicted molar refractivity (Wildman–Crippen MR) is 119 cm³/mol. The number of amides is 3. The summed E-state index contributed by atoms with van der Waals surface area (Å²) in [6.07, 6.45) is 7.30. The third-order valence-electron chi connectivity index (χ3n) is 7.17. The summed E-state index contributed by atoms with van der Waals surface area (Å²) in [7, 11) is 1.83. The molecular weight excluding hydrogens is 429 g/mol. The Morgan fingerprint density at radius 3 is 2.34 bits per heavy atom. The van der Waals surface area contributed by atoms with Crippen LogP contribution in [-0.2, 0) is 11.8 Å². The lowest BCUT2D eigenvalue weighted by atomic mass is 9.53. The molecular formula is C23H28FN5O2S. The average molecular weight is 458 g/mol. The number of aromatic nitrogens is 3. The average Bonchev–Trinajstić information content (AvgIpc) is 3.07. The molecule has 1 aromatic heterocycles. The van der Waals surface area contributed by atoms with Crippen LogP contribution in [0.25, 0.3) is 11.4 Å². The number of imide groups is 1. The summed E-state index contributed by atoms with van der Waals surface area (Å²) < 4.78 is 15.0. The minimum Gasteiger partial charge on any atom is -0.332 e. The smallest absolute Gasteiger partial charge is 0.321 e. The Balaban J connectivity index is 1.10. The molecule has 0 aliphatic heterocycles. The fourth-order valence-corrected chi connectivity index (χ4v) is 7.10. The molecule has 2 N–H and O–H groups in total. The monoisotopic (exact) mass is 457 g/mol. The number of halogens is 1. The zero-order valence-electron chi connectivity index (χ0n) is 18.1. The maximum Gasteiger partial charge on any atom is 0.321 e. The Bertz CT molecular complexity index is 987. The highest BCUT2D eigenvalue weighted by Gasteiger charge is 2.51. The van der Waals surface area contributed by atoms with Gasteiger partial charge in [-0.05, 0) is 80.5 Å². The van der Waals surface area contributed by atoms with Crippen molar-refractivity contribution in [2.45, 2.75) is 55.6 Å². The van der Waals surface area contributed by atoms with E-state index in [-0.39, 0.29) is 29.7 Å². The van der Waals surface area contributed by atoms with Crippen molar-refractivity contribution in [3.8, 4) is 11.4 Å². The molecule has 0 spiro atoms. The number of nitrogens with one attached hydrogen (secondary N) is 2. The molecule has 4 bridgehead atoms. The van der Waals surface area contributed by atoms with Gasteiger partial charge in [0.05, 0.1) is 0 Å². The fraction of sp³-hybridized carbons (Fsp3) is 0.565. The topological polar surface area (TPSA) is 88.9 Å². The highest BCUT2D eigenvalue weighted by Crippen LogP contribution is 2.55. The molecule has 2 aromatic rings. The van der Waals surface area contributed by atoms with E-state index in [0.717, 1.165) is 42.6 Å². The van der Waals surface area contributed by atoms with E-state index in [1.165, 1.54) is 43.2 Å². The number of nitrogens with zero attached hydrogens (tertiary/aromatic N) is 3. The number of benzene rings is 1. The molecule has 6 rings (SSSR count). The fourth-order valence-electron chi connectivity index (χ4n) is 6.25. The van der Waals surface area contributed by atoms with Crippen LogP contribution in [-0.4, -0.2) is 38.0 Å². The third-order valence-corrected chi connectivity index (χ3v) is 8.19. The normalized spacial score (nSPS) is 28.0. The summed E-state index contributed by atoms with van der Waals surface area (Å²) in [6.45, 7) is 0. The molecule has 0 saturated heterocycles. The van der Waals surface area contributed by atoms with Crippen LogP contribution >= 0.6 is 11.8 Å². The van der Waals surface area contributed by atoms with Crippen molar-refractivity contribution in [1.29, 1.82) is 0 Å². The minimum absolute atomic E-state index is 0.108. The molecule has 170 valence electrons. The van der Waals surface area contributed by atoms with Gasteiger partial charge in [-0.3, -0.25) is 10.1 Å². The second-order valence-corrected chi connectivity index (χ2v) is 10.7. The number of hydrogen-bond acceptors (Lipinski definition) is 5. The van der Waals surface area contributed by atoms with E-state index in [1.54, 1.807) is 12.1 Å². The van der Waals surface area contributed by atoms with Crippen molar-refractivity contribution in [3.05, 3.63) is 30.1 Å². The van der Waals surface area contributed by atoms with Gasteiger partial charge in [0.15, 0.2) is 11.0 Å². The van der Waals surface area contributed by atoms with Gasteiger partial charge in [-0.1, -0.05) is 11.8 Å². The van der Waals surface area contributed by atoms with E-state index in [0.29, 0.717) is 16.7 Å². The summed E-state index contributed by atoms with van der Waals surface area (Å²) in [5.74, 6) is 2.72. The van der Waals surface area contributed by atoms with Crippen LogP contribution in [0.1, 0.15) is 44.9 Å². The number of hydrogen-bond donors (Lipinski definition) is 2. The molecule has 1 aromatic carbocycles. The Hall–Kier alpha value is -2.42. The lowest BCUT2D eigenvalue weighted by Crippen LogP contribution is -2.61. The molecule has 4 aliphatic carbocycles. The number of rotatable bonds is 6. The largest absolute Gasteiger partial charge is 0.332 e. The third kappa shape index (κ3) is 4.40. The Morgan fingerprint density at radius 1 is 1.09 bits per heavy atom. The van der Waals surface area contributed by atoms with Crippen molar-refractivity contribution in [1.82, 2.24) is 25.4 Å². The first-order valence-electron chi connectivity index (χ1n) is 11.3. The van der Waals surface area contributed by atoms with Crippen molar-refractivity contribution in [3.63, 3.8) is 0 Å². The molecule has 0 atom stereocenters. The van der Waals surface area contributed by atoms with Gasteiger partial charge in [-0.15, -0.1) is 10.2 Å². The van der Waals surface area contributed by atoms with Crippen LogP contribution in [0.15, 0.2) is 29.4 Å². The van der Waals surface area contributed by atoms with Gasteiger partial charge >= 0.3 is 6.03 Å².